The standard InChI is InChI=1S/C9H12N4O/c14-9(7-3-1-2-4-7)10-5-8-11-6-12-13-8/h1-2,6-7H,3-5H2,(H,10,14)(H,11,12,13). The molecule has 1 heterocycles. The summed E-state index contributed by atoms with van der Waals surface area (Å²) < 4.78 is 0. The van der Waals surface area contributed by atoms with Gasteiger partial charge in [-0.25, -0.2) is 4.98 Å². The molecule has 0 saturated heterocycles. The average Bonchev–Trinajstić information content (AvgIpc) is 2.87. The van der Waals surface area contributed by atoms with E-state index in [4.69, 9.17) is 0 Å². The minimum atomic E-state index is 0.0893. The number of amides is 1. The van der Waals surface area contributed by atoms with Crippen LogP contribution in [0.4, 0.5) is 0 Å². The van der Waals surface area contributed by atoms with E-state index < -0.39 is 0 Å². The van der Waals surface area contributed by atoms with Crippen molar-refractivity contribution in [3.05, 3.63) is 24.3 Å². The van der Waals surface area contributed by atoms with E-state index >= 15 is 0 Å². The third kappa shape index (κ3) is 1.99. The molecule has 0 unspecified atom stereocenters. The Morgan fingerprint density at radius 1 is 1.57 bits per heavy atom. The molecule has 1 aromatic rings. The van der Waals surface area contributed by atoms with Gasteiger partial charge < -0.3 is 5.32 Å². The van der Waals surface area contributed by atoms with Gasteiger partial charge in [0.25, 0.3) is 0 Å². The van der Waals surface area contributed by atoms with Crippen molar-refractivity contribution in [2.75, 3.05) is 0 Å². The van der Waals surface area contributed by atoms with Crippen molar-refractivity contribution < 1.29 is 4.79 Å². The van der Waals surface area contributed by atoms with Gasteiger partial charge in [-0.15, -0.1) is 0 Å². The van der Waals surface area contributed by atoms with E-state index in [1.807, 2.05) is 12.2 Å². The van der Waals surface area contributed by atoms with Crippen molar-refractivity contribution in [2.45, 2.75) is 19.4 Å². The van der Waals surface area contributed by atoms with E-state index in [1.54, 1.807) is 0 Å². The van der Waals surface area contributed by atoms with Gasteiger partial charge >= 0.3 is 0 Å². The van der Waals surface area contributed by atoms with Crippen LogP contribution < -0.4 is 5.32 Å². The van der Waals surface area contributed by atoms with Crippen LogP contribution in [0.15, 0.2) is 18.5 Å². The van der Waals surface area contributed by atoms with Gasteiger partial charge in [0.05, 0.1) is 6.54 Å². The Morgan fingerprint density at radius 3 is 3.00 bits per heavy atom. The van der Waals surface area contributed by atoms with E-state index in [1.165, 1.54) is 6.33 Å². The zero-order valence-corrected chi connectivity index (χ0v) is 7.73. The molecule has 5 heteroatoms. The molecular formula is C9H12N4O. The Morgan fingerprint density at radius 2 is 2.36 bits per heavy atom. The maximum atomic E-state index is 11.5. The van der Waals surface area contributed by atoms with Crippen LogP contribution >= 0.6 is 0 Å². The number of nitrogens with one attached hydrogen (secondary N) is 2. The number of carbonyl (C=O) groups is 1. The molecule has 0 aliphatic heterocycles. The molecule has 0 spiro atoms. The Balaban J connectivity index is 1.78. The normalized spacial score (nSPS) is 16.0. The lowest BCUT2D eigenvalue weighted by Crippen LogP contribution is -2.29. The summed E-state index contributed by atoms with van der Waals surface area (Å²) in [5.41, 5.74) is 0. The molecule has 0 saturated carbocycles. The quantitative estimate of drug-likeness (QED) is 0.680. The minimum Gasteiger partial charge on any atom is -0.349 e. The lowest BCUT2D eigenvalue weighted by molar-refractivity contribution is -0.124. The van der Waals surface area contributed by atoms with Crippen LogP contribution in [0.5, 0.6) is 0 Å². The van der Waals surface area contributed by atoms with Gasteiger partial charge in [-0.05, 0) is 12.8 Å². The van der Waals surface area contributed by atoms with E-state index in [0.29, 0.717) is 12.4 Å². The fourth-order valence-corrected chi connectivity index (χ4v) is 1.46. The number of nitrogens with zero attached hydrogens (tertiary/aromatic N) is 2. The zero-order chi connectivity index (χ0) is 9.80. The van der Waals surface area contributed by atoms with Crippen LogP contribution in [0, 0.1) is 5.92 Å². The lowest BCUT2D eigenvalue weighted by Gasteiger charge is -2.08. The van der Waals surface area contributed by atoms with Crippen molar-refractivity contribution >= 4 is 5.91 Å². The van der Waals surface area contributed by atoms with Crippen LogP contribution in [0.2, 0.25) is 0 Å². The smallest absolute Gasteiger partial charge is 0.224 e. The first kappa shape index (κ1) is 8.93. The minimum absolute atomic E-state index is 0.0893. The van der Waals surface area contributed by atoms with Gasteiger partial charge in [0.1, 0.15) is 12.2 Å². The number of hydrogen-bond donors (Lipinski definition) is 2. The van der Waals surface area contributed by atoms with Gasteiger partial charge in [0, 0.05) is 5.92 Å². The molecule has 0 aromatic carbocycles. The number of aromatic nitrogens is 3. The van der Waals surface area contributed by atoms with Crippen LogP contribution in [0.25, 0.3) is 0 Å². The summed E-state index contributed by atoms with van der Waals surface area (Å²) in [4.78, 5) is 15.4. The molecule has 0 radical (unpaired) electrons. The fraction of sp³-hybridized carbons (Fsp3) is 0.444. The fourth-order valence-electron chi connectivity index (χ4n) is 1.46. The van der Waals surface area contributed by atoms with Crippen molar-refractivity contribution in [3.63, 3.8) is 0 Å². The summed E-state index contributed by atoms with van der Waals surface area (Å²) in [6.07, 6.45) is 7.21. The third-order valence-electron chi connectivity index (χ3n) is 2.27. The number of carbonyl (C=O) groups excluding carboxylic acids is 1. The van der Waals surface area contributed by atoms with Crippen LogP contribution in [0.1, 0.15) is 18.7 Å². The molecule has 2 rings (SSSR count). The van der Waals surface area contributed by atoms with Gasteiger partial charge in [0.15, 0.2) is 0 Å². The monoisotopic (exact) mass is 192 g/mol. The van der Waals surface area contributed by atoms with Gasteiger partial charge in [-0.3, -0.25) is 9.89 Å². The summed E-state index contributed by atoms with van der Waals surface area (Å²) in [7, 11) is 0. The molecule has 1 aromatic heterocycles. The van der Waals surface area contributed by atoms with Crippen LogP contribution in [-0.4, -0.2) is 21.1 Å². The van der Waals surface area contributed by atoms with E-state index in [2.05, 4.69) is 20.5 Å². The number of rotatable bonds is 3. The summed E-state index contributed by atoms with van der Waals surface area (Å²) in [5.74, 6) is 0.883. The highest BCUT2D eigenvalue weighted by Gasteiger charge is 2.18. The maximum Gasteiger partial charge on any atom is 0.224 e. The largest absolute Gasteiger partial charge is 0.349 e. The van der Waals surface area contributed by atoms with Crippen molar-refractivity contribution in [1.82, 2.24) is 20.5 Å². The first-order valence-corrected chi connectivity index (χ1v) is 4.63. The highest BCUT2D eigenvalue weighted by atomic mass is 16.1. The Kier molecular flexibility index (Phi) is 2.58. The summed E-state index contributed by atoms with van der Waals surface area (Å²) >= 11 is 0. The predicted molar refractivity (Wildman–Crippen MR) is 50.1 cm³/mol. The summed E-state index contributed by atoms with van der Waals surface area (Å²) in [6.45, 7) is 0.426. The number of hydrogen-bond acceptors (Lipinski definition) is 3. The average molecular weight is 192 g/mol. The van der Waals surface area contributed by atoms with Crippen molar-refractivity contribution in [2.24, 2.45) is 5.92 Å². The molecule has 74 valence electrons. The first-order valence-electron chi connectivity index (χ1n) is 4.63. The highest BCUT2D eigenvalue weighted by Crippen LogP contribution is 2.17. The molecule has 1 aliphatic rings. The van der Waals surface area contributed by atoms with E-state index in [0.717, 1.165) is 12.8 Å². The third-order valence-corrected chi connectivity index (χ3v) is 2.27. The highest BCUT2D eigenvalue weighted by molar-refractivity contribution is 5.79. The second-order valence-electron chi connectivity index (χ2n) is 3.29. The Hall–Kier alpha value is -1.65. The molecule has 0 fully saturated rings. The lowest BCUT2D eigenvalue weighted by atomic mass is 10.1. The van der Waals surface area contributed by atoms with Crippen LogP contribution in [-0.2, 0) is 11.3 Å². The summed E-state index contributed by atoms with van der Waals surface area (Å²) in [5, 5.41) is 9.20. The van der Waals surface area contributed by atoms with Gasteiger partial charge in [0.2, 0.25) is 5.91 Å². The number of aromatic amines is 1. The molecule has 14 heavy (non-hydrogen) atoms. The molecular weight excluding hydrogens is 180 g/mol. The van der Waals surface area contributed by atoms with Crippen LogP contribution in [0.3, 0.4) is 0 Å². The topological polar surface area (TPSA) is 70.7 Å². The number of allylic oxidation sites excluding steroid dienone is 2. The second-order valence-corrected chi connectivity index (χ2v) is 3.29. The van der Waals surface area contributed by atoms with E-state index in [9.17, 15) is 4.79 Å². The van der Waals surface area contributed by atoms with E-state index in [-0.39, 0.29) is 11.8 Å². The maximum absolute atomic E-state index is 11.5. The first-order chi connectivity index (χ1) is 6.86. The predicted octanol–water partition coefficient (Wildman–Crippen LogP) is 0.387. The molecule has 1 amide bonds. The molecule has 5 nitrogen and oxygen atoms in total. The number of H-pyrrole nitrogens is 1. The summed E-state index contributed by atoms with van der Waals surface area (Å²) in [6, 6.07) is 0. The van der Waals surface area contributed by atoms with Gasteiger partial charge in [-0.2, -0.15) is 5.10 Å². The van der Waals surface area contributed by atoms with Gasteiger partial charge in [-0.1, -0.05) is 12.2 Å². The second kappa shape index (κ2) is 4.04. The van der Waals surface area contributed by atoms with Crippen molar-refractivity contribution in [3.8, 4) is 0 Å². The van der Waals surface area contributed by atoms with Crippen molar-refractivity contribution in [1.29, 1.82) is 0 Å². The molecule has 0 bridgehead atoms. The Bertz CT molecular complexity index is 323. The molecule has 2 N–H and O–H groups in total. The Labute approximate surface area is 81.6 Å². The zero-order valence-electron chi connectivity index (χ0n) is 7.73. The molecule has 1 aliphatic carbocycles. The molecule has 0 atom stereocenters. The SMILES string of the molecule is O=C(NCc1ncn[nH]1)C1CC=CC1.